The number of aromatic nitrogens is 2. The van der Waals surface area contributed by atoms with Crippen molar-refractivity contribution < 1.29 is 23.0 Å². The number of rotatable bonds is 4. The molecule has 1 aliphatic heterocycles. The van der Waals surface area contributed by atoms with E-state index in [1.54, 1.807) is 0 Å². The summed E-state index contributed by atoms with van der Waals surface area (Å²) in [6.45, 7) is -1.33. The first kappa shape index (κ1) is 16.2. The summed E-state index contributed by atoms with van der Waals surface area (Å²) in [5.74, 6) is -0.136. The van der Waals surface area contributed by atoms with E-state index in [1.807, 2.05) is 0 Å². The number of aliphatic hydroxyl groups is 1. The molecule has 3 N–H and O–H groups in total. The van der Waals surface area contributed by atoms with E-state index >= 15 is 0 Å². The van der Waals surface area contributed by atoms with Crippen LogP contribution in [-0.4, -0.2) is 34.0 Å². The number of aryl methyl sites for hydroxylation is 1. The number of nitrogens with zero attached hydrogens (tertiary/aromatic N) is 2. The summed E-state index contributed by atoms with van der Waals surface area (Å²) in [4.78, 5) is 15.4. The van der Waals surface area contributed by atoms with Crippen LogP contribution in [0.15, 0.2) is 34.8 Å². The molecule has 2 atom stereocenters. The van der Waals surface area contributed by atoms with Crippen LogP contribution in [-0.2, 0) is 11.2 Å². The molecular formula is C13H14F3N3O3. The van der Waals surface area contributed by atoms with Gasteiger partial charge in [0.05, 0.1) is 25.9 Å². The van der Waals surface area contributed by atoms with Crippen molar-refractivity contribution >= 4 is 5.82 Å². The number of nitrogen functional groups attached to an aromatic ring is 1. The SMILES string of the molecule is Nc1nc(=O)n(C2OC(CO)C(=C/F)/C2=C\F)cc1CCF. The molecule has 6 nitrogen and oxygen atoms in total. The molecule has 0 radical (unpaired) electrons. The van der Waals surface area contributed by atoms with Gasteiger partial charge >= 0.3 is 5.69 Å². The molecule has 0 amide bonds. The molecule has 1 aromatic heterocycles. The summed E-state index contributed by atoms with van der Waals surface area (Å²) in [7, 11) is 0. The molecule has 0 aromatic carbocycles. The van der Waals surface area contributed by atoms with Gasteiger partial charge in [0.15, 0.2) is 6.23 Å². The lowest BCUT2D eigenvalue weighted by Gasteiger charge is -2.16. The van der Waals surface area contributed by atoms with E-state index in [1.165, 1.54) is 6.20 Å². The second-order valence-corrected chi connectivity index (χ2v) is 4.57. The van der Waals surface area contributed by atoms with E-state index in [-0.39, 0.29) is 41.6 Å². The number of ether oxygens (including phenoxy) is 1. The maximum atomic E-state index is 13.1. The number of halogens is 3. The Morgan fingerprint density at radius 2 is 2.09 bits per heavy atom. The summed E-state index contributed by atoms with van der Waals surface area (Å²) >= 11 is 0. The second-order valence-electron chi connectivity index (χ2n) is 4.57. The van der Waals surface area contributed by atoms with Gasteiger partial charge in [0.1, 0.15) is 11.9 Å². The van der Waals surface area contributed by atoms with Gasteiger partial charge in [-0.1, -0.05) is 0 Å². The van der Waals surface area contributed by atoms with Crippen molar-refractivity contribution in [2.24, 2.45) is 0 Å². The lowest BCUT2D eigenvalue weighted by molar-refractivity contribution is -0.00869. The van der Waals surface area contributed by atoms with Crippen LogP contribution >= 0.6 is 0 Å². The van der Waals surface area contributed by atoms with E-state index in [2.05, 4.69) is 4.98 Å². The summed E-state index contributed by atoms with van der Waals surface area (Å²) in [6.07, 6.45) is -1.15. The van der Waals surface area contributed by atoms with Crippen LogP contribution in [0.5, 0.6) is 0 Å². The van der Waals surface area contributed by atoms with Crippen molar-refractivity contribution in [1.82, 2.24) is 9.55 Å². The van der Waals surface area contributed by atoms with Crippen LogP contribution in [0, 0.1) is 0 Å². The van der Waals surface area contributed by atoms with E-state index in [0.717, 1.165) is 4.57 Å². The highest BCUT2D eigenvalue weighted by Gasteiger charge is 2.37. The first-order valence-corrected chi connectivity index (χ1v) is 6.38. The van der Waals surface area contributed by atoms with Crippen LogP contribution in [0.25, 0.3) is 0 Å². The highest BCUT2D eigenvalue weighted by Crippen LogP contribution is 2.38. The Bertz CT molecular complexity index is 672. The van der Waals surface area contributed by atoms with Crippen molar-refractivity contribution in [3.8, 4) is 0 Å². The third-order valence-electron chi connectivity index (χ3n) is 3.32. The van der Waals surface area contributed by atoms with E-state index in [0.29, 0.717) is 0 Å². The van der Waals surface area contributed by atoms with Crippen molar-refractivity contribution in [3.05, 3.63) is 46.1 Å². The third kappa shape index (κ3) is 2.77. The van der Waals surface area contributed by atoms with E-state index in [4.69, 9.17) is 15.6 Å². The summed E-state index contributed by atoms with van der Waals surface area (Å²) in [6, 6.07) is 0. The molecular weight excluding hydrogens is 303 g/mol. The molecule has 0 saturated carbocycles. The molecule has 1 saturated heterocycles. The van der Waals surface area contributed by atoms with Crippen LogP contribution in [0.1, 0.15) is 11.8 Å². The molecule has 9 heteroatoms. The van der Waals surface area contributed by atoms with Gasteiger partial charge in [0.25, 0.3) is 0 Å². The average molecular weight is 317 g/mol. The molecule has 2 unspecified atom stereocenters. The molecule has 0 spiro atoms. The molecule has 1 aliphatic rings. The minimum absolute atomic E-state index is 0.0867. The number of aliphatic hydroxyl groups excluding tert-OH is 1. The van der Waals surface area contributed by atoms with Gasteiger partial charge in [0, 0.05) is 29.3 Å². The smallest absolute Gasteiger partial charge is 0.351 e. The van der Waals surface area contributed by atoms with E-state index < -0.39 is 31.3 Å². The van der Waals surface area contributed by atoms with Gasteiger partial charge in [-0.2, -0.15) is 4.98 Å². The van der Waals surface area contributed by atoms with Crippen LogP contribution in [0.3, 0.4) is 0 Å². The minimum Gasteiger partial charge on any atom is -0.393 e. The molecule has 1 fully saturated rings. The topological polar surface area (TPSA) is 90.4 Å². The summed E-state index contributed by atoms with van der Waals surface area (Å²) in [5.41, 5.74) is 4.42. The molecule has 22 heavy (non-hydrogen) atoms. The fourth-order valence-corrected chi connectivity index (χ4v) is 2.22. The van der Waals surface area contributed by atoms with Crippen molar-refractivity contribution in [1.29, 1.82) is 0 Å². The van der Waals surface area contributed by atoms with Crippen molar-refractivity contribution in [3.63, 3.8) is 0 Å². The van der Waals surface area contributed by atoms with Crippen LogP contribution < -0.4 is 11.4 Å². The van der Waals surface area contributed by atoms with Gasteiger partial charge in [-0.05, 0) is 0 Å². The number of nitrogens with two attached hydrogens (primary N) is 1. The van der Waals surface area contributed by atoms with Crippen LogP contribution in [0.4, 0.5) is 19.0 Å². The molecule has 2 rings (SSSR count). The van der Waals surface area contributed by atoms with Gasteiger partial charge in [0.2, 0.25) is 0 Å². The molecule has 0 bridgehead atoms. The summed E-state index contributed by atoms with van der Waals surface area (Å²) < 4.78 is 44.6. The Morgan fingerprint density at radius 3 is 2.64 bits per heavy atom. The quantitative estimate of drug-likeness (QED) is 0.862. The largest absolute Gasteiger partial charge is 0.393 e. The van der Waals surface area contributed by atoms with Gasteiger partial charge in [-0.15, -0.1) is 0 Å². The monoisotopic (exact) mass is 317 g/mol. The number of hydrogen-bond acceptors (Lipinski definition) is 5. The zero-order valence-corrected chi connectivity index (χ0v) is 11.4. The van der Waals surface area contributed by atoms with E-state index in [9.17, 15) is 18.0 Å². The summed E-state index contributed by atoms with van der Waals surface area (Å²) in [5, 5.41) is 9.14. The number of alkyl halides is 1. The predicted octanol–water partition coefficient (Wildman–Crippen LogP) is 0.934. The number of hydrogen-bond donors (Lipinski definition) is 2. The molecule has 0 aliphatic carbocycles. The average Bonchev–Trinajstić information content (AvgIpc) is 2.87. The Hall–Kier alpha value is -2.13. The Labute approximate surface area is 123 Å². The third-order valence-corrected chi connectivity index (χ3v) is 3.32. The van der Waals surface area contributed by atoms with Crippen molar-refractivity contribution in [2.75, 3.05) is 19.0 Å². The highest BCUT2D eigenvalue weighted by molar-refractivity contribution is 5.40. The zero-order chi connectivity index (χ0) is 16.3. The number of anilines is 1. The molecule has 1 aromatic rings. The fourth-order valence-electron chi connectivity index (χ4n) is 2.22. The van der Waals surface area contributed by atoms with Gasteiger partial charge in [-0.3, -0.25) is 8.96 Å². The van der Waals surface area contributed by atoms with Gasteiger partial charge in [-0.25, -0.2) is 13.6 Å². The second kappa shape index (κ2) is 6.75. The maximum Gasteiger partial charge on any atom is 0.351 e. The molecule has 2 heterocycles. The fraction of sp³-hybridized carbons (Fsp3) is 0.385. The highest BCUT2D eigenvalue weighted by atomic mass is 19.1. The normalized spacial score (nSPS) is 25.3. The first-order chi connectivity index (χ1) is 10.6. The van der Waals surface area contributed by atoms with Crippen molar-refractivity contribution in [2.45, 2.75) is 18.8 Å². The Balaban J connectivity index is 2.52. The Kier molecular flexibility index (Phi) is 4.99. The minimum atomic E-state index is -1.32. The maximum absolute atomic E-state index is 13.1. The Morgan fingerprint density at radius 1 is 1.41 bits per heavy atom. The first-order valence-electron chi connectivity index (χ1n) is 6.38. The molecule has 120 valence electrons. The standard InChI is InChI=1S/C13H14F3N3O3/c14-2-1-7-5-19(13(21)18-11(7)17)12-9(4-16)8(3-15)10(6-20)22-12/h3-5,10,12,20H,1-2,6H2,(H2,17,18,21)/b8-3+,9-4+. The van der Waals surface area contributed by atoms with Gasteiger partial charge < -0.3 is 15.6 Å². The van der Waals surface area contributed by atoms with Crippen LogP contribution in [0.2, 0.25) is 0 Å². The lowest BCUT2D eigenvalue weighted by Crippen LogP contribution is -2.29. The predicted molar refractivity (Wildman–Crippen MR) is 72.0 cm³/mol. The lowest BCUT2D eigenvalue weighted by atomic mass is 10.1. The zero-order valence-electron chi connectivity index (χ0n) is 11.4.